The second kappa shape index (κ2) is 7.90. The van der Waals surface area contributed by atoms with E-state index < -0.39 is 15.9 Å². The predicted octanol–water partition coefficient (Wildman–Crippen LogP) is 2.73. The summed E-state index contributed by atoms with van der Waals surface area (Å²) in [7, 11) is -1.00. The molecule has 0 aliphatic heterocycles. The van der Waals surface area contributed by atoms with E-state index in [0.717, 1.165) is 17.1 Å². The highest BCUT2D eigenvalue weighted by Gasteiger charge is 2.24. The molecule has 2 aromatic rings. The summed E-state index contributed by atoms with van der Waals surface area (Å²) in [4.78, 5) is 24.4. The fourth-order valence-electron chi connectivity index (χ4n) is 2.44. The number of hydrogen-bond acceptors (Lipinski definition) is 4. The van der Waals surface area contributed by atoms with Crippen LogP contribution in [-0.4, -0.2) is 44.7 Å². The van der Waals surface area contributed by atoms with E-state index in [2.05, 4.69) is 10.6 Å². The standard InChI is InChI=1S/C19H20ClN3O4S/c1-23(2)28(26,27)17-11-13(5-10-16(17)20)19(25)22-14-6-3-12(4-7-14)18(24)21-15-8-9-15/h3-7,10-11,15H,8-9H2,1-2H3,(H,21,24)(H,22,25). The molecular formula is C19H20ClN3O4S. The highest BCUT2D eigenvalue weighted by atomic mass is 35.5. The van der Waals surface area contributed by atoms with Crippen LogP contribution in [0.3, 0.4) is 0 Å². The third-order valence-electron chi connectivity index (χ3n) is 4.27. The molecule has 0 saturated heterocycles. The van der Waals surface area contributed by atoms with Gasteiger partial charge in [0.05, 0.1) is 5.02 Å². The summed E-state index contributed by atoms with van der Waals surface area (Å²) < 4.78 is 25.7. The number of rotatable bonds is 6. The Morgan fingerprint density at radius 2 is 1.61 bits per heavy atom. The summed E-state index contributed by atoms with van der Waals surface area (Å²) in [5.74, 6) is -0.626. The van der Waals surface area contributed by atoms with Crippen LogP contribution in [0.15, 0.2) is 47.4 Å². The number of benzene rings is 2. The Bertz CT molecular complexity index is 1020. The number of amides is 2. The van der Waals surface area contributed by atoms with E-state index in [1.165, 1.54) is 32.3 Å². The number of halogens is 1. The van der Waals surface area contributed by atoms with Crippen molar-refractivity contribution in [2.24, 2.45) is 0 Å². The molecule has 1 saturated carbocycles. The molecule has 9 heteroatoms. The molecule has 0 spiro atoms. The molecule has 2 aromatic carbocycles. The Kier molecular flexibility index (Phi) is 5.74. The van der Waals surface area contributed by atoms with Crippen molar-refractivity contribution in [3.8, 4) is 0 Å². The SMILES string of the molecule is CN(C)S(=O)(=O)c1cc(C(=O)Nc2ccc(C(=O)NC3CC3)cc2)ccc1Cl. The maximum atomic E-state index is 12.5. The maximum absolute atomic E-state index is 12.5. The highest BCUT2D eigenvalue weighted by molar-refractivity contribution is 7.89. The molecule has 0 bridgehead atoms. The molecule has 1 fully saturated rings. The second-order valence-corrected chi connectivity index (χ2v) is 9.24. The number of hydrogen-bond donors (Lipinski definition) is 2. The van der Waals surface area contributed by atoms with E-state index in [9.17, 15) is 18.0 Å². The predicted molar refractivity (Wildman–Crippen MR) is 107 cm³/mol. The first-order chi connectivity index (χ1) is 13.2. The van der Waals surface area contributed by atoms with Crippen LogP contribution in [0.5, 0.6) is 0 Å². The fraction of sp³-hybridized carbons (Fsp3) is 0.263. The van der Waals surface area contributed by atoms with Gasteiger partial charge in [0, 0.05) is 37.0 Å². The lowest BCUT2D eigenvalue weighted by Crippen LogP contribution is -2.25. The lowest BCUT2D eigenvalue weighted by molar-refractivity contribution is 0.0950. The normalized spacial score (nSPS) is 14.0. The van der Waals surface area contributed by atoms with Crippen molar-refractivity contribution in [2.45, 2.75) is 23.8 Å². The molecule has 0 aromatic heterocycles. The lowest BCUT2D eigenvalue weighted by atomic mass is 10.1. The number of carbonyl (C=O) groups excluding carboxylic acids is 2. The van der Waals surface area contributed by atoms with Crippen molar-refractivity contribution in [3.63, 3.8) is 0 Å². The largest absolute Gasteiger partial charge is 0.349 e. The molecular weight excluding hydrogens is 402 g/mol. The van der Waals surface area contributed by atoms with E-state index in [4.69, 9.17) is 11.6 Å². The van der Waals surface area contributed by atoms with Gasteiger partial charge in [0.15, 0.2) is 0 Å². The molecule has 28 heavy (non-hydrogen) atoms. The van der Waals surface area contributed by atoms with Crippen LogP contribution < -0.4 is 10.6 Å². The minimum absolute atomic E-state index is 0.0382. The molecule has 148 valence electrons. The smallest absolute Gasteiger partial charge is 0.255 e. The average molecular weight is 422 g/mol. The Hall–Kier alpha value is -2.42. The first kappa shape index (κ1) is 20.3. The van der Waals surface area contributed by atoms with Crippen molar-refractivity contribution in [2.75, 3.05) is 19.4 Å². The number of carbonyl (C=O) groups is 2. The van der Waals surface area contributed by atoms with Gasteiger partial charge in [-0.25, -0.2) is 12.7 Å². The Morgan fingerprint density at radius 3 is 2.18 bits per heavy atom. The molecule has 0 radical (unpaired) electrons. The van der Waals surface area contributed by atoms with Gasteiger partial charge in [-0.2, -0.15) is 0 Å². The first-order valence-corrected chi connectivity index (χ1v) is 10.4. The minimum Gasteiger partial charge on any atom is -0.349 e. The van der Waals surface area contributed by atoms with Gasteiger partial charge in [-0.1, -0.05) is 11.6 Å². The molecule has 1 aliphatic rings. The molecule has 3 rings (SSSR count). The third-order valence-corrected chi connectivity index (χ3v) is 6.57. The van der Waals surface area contributed by atoms with Gasteiger partial charge in [-0.15, -0.1) is 0 Å². The summed E-state index contributed by atoms with van der Waals surface area (Å²) in [6.45, 7) is 0. The molecule has 2 amide bonds. The van der Waals surface area contributed by atoms with Crippen molar-refractivity contribution in [1.29, 1.82) is 0 Å². The first-order valence-electron chi connectivity index (χ1n) is 8.63. The topological polar surface area (TPSA) is 95.6 Å². The molecule has 1 aliphatic carbocycles. The van der Waals surface area contributed by atoms with Gasteiger partial charge < -0.3 is 10.6 Å². The van der Waals surface area contributed by atoms with Crippen LogP contribution in [0.1, 0.15) is 33.6 Å². The van der Waals surface area contributed by atoms with E-state index in [1.807, 2.05) is 0 Å². The van der Waals surface area contributed by atoms with Crippen LogP contribution in [0.4, 0.5) is 5.69 Å². The van der Waals surface area contributed by atoms with Crippen molar-refractivity contribution in [3.05, 3.63) is 58.6 Å². The van der Waals surface area contributed by atoms with E-state index in [-0.39, 0.29) is 27.4 Å². The van der Waals surface area contributed by atoms with Gasteiger partial charge >= 0.3 is 0 Å². The van der Waals surface area contributed by atoms with Crippen LogP contribution in [0, 0.1) is 0 Å². The second-order valence-electron chi connectivity index (χ2n) is 6.71. The zero-order chi connectivity index (χ0) is 20.5. The maximum Gasteiger partial charge on any atom is 0.255 e. The number of nitrogens with zero attached hydrogens (tertiary/aromatic N) is 1. The van der Waals surface area contributed by atoms with Crippen molar-refractivity contribution in [1.82, 2.24) is 9.62 Å². The van der Waals surface area contributed by atoms with E-state index in [0.29, 0.717) is 11.3 Å². The van der Waals surface area contributed by atoms with Gasteiger partial charge in [-0.05, 0) is 55.3 Å². The summed E-state index contributed by atoms with van der Waals surface area (Å²) in [5, 5.41) is 5.61. The lowest BCUT2D eigenvalue weighted by Gasteiger charge is -2.14. The highest BCUT2D eigenvalue weighted by Crippen LogP contribution is 2.25. The van der Waals surface area contributed by atoms with E-state index >= 15 is 0 Å². The zero-order valence-electron chi connectivity index (χ0n) is 15.4. The minimum atomic E-state index is -3.78. The van der Waals surface area contributed by atoms with Crippen molar-refractivity contribution >= 4 is 39.1 Å². The third kappa shape index (κ3) is 4.52. The summed E-state index contributed by atoms with van der Waals surface area (Å²) >= 11 is 6.00. The molecule has 7 nitrogen and oxygen atoms in total. The molecule has 0 atom stereocenters. The Morgan fingerprint density at radius 1 is 1.00 bits per heavy atom. The van der Waals surface area contributed by atoms with Gasteiger partial charge in [0.25, 0.3) is 11.8 Å². The van der Waals surface area contributed by atoms with Crippen LogP contribution in [0.25, 0.3) is 0 Å². The summed E-state index contributed by atoms with van der Waals surface area (Å²) in [6, 6.07) is 10.8. The Labute approximate surface area is 168 Å². The molecule has 0 heterocycles. The van der Waals surface area contributed by atoms with Crippen molar-refractivity contribution < 1.29 is 18.0 Å². The van der Waals surface area contributed by atoms with Gasteiger partial charge in [-0.3, -0.25) is 9.59 Å². The van der Waals surface area contributed by atoms with Gasteiger partial charge in [0.2, 0.25) is 10.0 Å². The quantitative estimate of drug-likeness (QED) is 0.749. The average Bonchev–Trinajstić information content (AvgIpc) is 3.46. The Balaban J connectivity index is 1.75. The number of sulfonamides is 1. The van der Waals surface area contributed by atoms with Crippen LogP contribution in [0.2, 0.25) is 5.02 Å². The van der Waals surface area contributed by atoms with E-state index in [1.54, 1.807) is 24.3 Å². The molecule has 2 N–H and O–H groups in total. The van der Waals surface area contributed by atoms with Crippen LogP contribution in [-0.2, 0) is 10.0 Å². The molecule has 0 unspecified atom stereocenters. The summed E-state index contributed by atoms with van der Waals surface area (Å²) in [5.41, 5.74) is 1.15. The van der Waals surface area contributed by atoms with Crippen LogP contribution >= 0.6 is 11.6 Å². The van der Waals surface area contributed by atoms with Gasteiger partial charge in [0.1, 0.15) is 4.90 Å². The monoisotopic (exact) mass is 421 g/mol. The zero-order valence-corrected chi connectivity index (χ0v) is 17.0. The fourth-order valence-corrected chi connectivity index (χ4v) is 3.84. The summed E-state index contributed by atoms with van der Waals surface area (Å²) in [6.07, 6.45) is 2.01. The number of nitrogens with one attached hydrogen (secondary N) is 2. The number of anilines is 1.